The number of hydrogen-bond acceptors (Lipinski definition) is 4. The Labute approximate surface area is 81.4 Å². The highest BCUT2D eigenvalue weighted by Crippen LogP contribution is 2.40. The topological polar surface area (TPSA) is 44.8 Å². The van der Waals surface area contributed by atoms with Gasteiger partial charge < -0.3 is 14.2 Å². The van der Waals surface area contributed by atoms with Gasteiger partial charge in [-0.15, -0.1) is 0 Å². The van der Waals surface area contributed by atoms with Crippen molar-refractivity contribution in [3.05, 3.63) is 29.8 Å². The van der Waals surface area contributed by atoms with Crippen molar-refractivity contribution in [2.75, 3.05) is 14.2 Å². The molecule has 4 nitrogen and oxygen atoms in total. The molecule has 0 aliphatic carbocycles. The highest BCUT2D eigenvalue weighted by Gasteiger charge is 2.50. The maximum Gasteiger partial charge on any atom is 0.377 e. The molecule has 1 aliphatic heterocycles. The normalized spacial score (nSPS) is 17.7. The molecule has 1 heterocycles. The summed E-state index contributed by atoms with van der Waals surface area (Å²) in [5.74, 6) is -1.44. The predicted molar refractivity (Wildman–Crippen MR) is 47.8 cm³/mol. The second-order valence-corrected chi connectivity index (χ2v) is 2.91. The zero-order chi connectivity index (χ0) is 10.2. The Bertz CT molecular complexity index is 368. The average molecular weight is 194 g/mol. The van der Waals surface area contributed by atoms with Crippen LogP contribution in [0.15, 0.2) is 24.3 Å². The van der Waals surface area contributed by atoms with E-state index in [1.54, 1.807) is 24.3 Å². The van der Waals surface area contributed by atoms with Crippen LogP contribution >= 0.6 is 0 Å². The molecule has 1 aromatic rings. The van der Waals surface area contributed by atoms with Gasteiger partial charge in [-0.25, -0.2) is 4.79 Å². The van der Waals surface area contributed by atoms with Gasteiger partial charge in [-0.2, -0.15) is 0 Å². The molecule has 1 aliphatic rings. The summed E-state index contributed by atoms with van der Waals surface area (Å²) in [6.45, 7) is 0. The molecule has 0 fully saturated rings. The number of esters is 1. The summed E-state index contributed by atoms with van der Waals surface area (Å²) in [4.78, 5) is 11.5. The van der Waals surface area contributed by atoms with Gasteiger partial charge in [-0.05, 0) is 12.1 Å². The summed E-state index contributed by atoms with van der Waals surface area (Å²) in [6.07, 6.45) is 0. The summed E-state index contributed by atoms with van der Waals surface area (Å²) in [7, 11) is 2.82. The lowest BCUT2D eigenvalue weighted by atomic mass is 10.1. The van der Waals surface area contributed by atoms with Gasteiger partial charge in [-0.3, -0.25) is 0 Å². The quantitative estimate of drug-likeness (QED) is 0.401. The van der Waals surface area contributed by atoms with Gasteiger partial charge in [-0.1, -0.05) is 12.1 Å². The molecule has 1 aromatic carbocycles. The largest absolute Gasteiger partial charge is 0.422 e. The molecular formula is C10H10O4. The van der Waals surface area contributed by atoms with Crippen LogP contribution in [-0.4, -0.2) is 20.2 Å². The third kappa shape index (κ3) is 0.981. The van der Waals surface area contributed by atoms with E-state index in [1.807, 2.05) is 0 Å². The van der Waals surface area contributed by atoms with E-state index in [1.165, 1.54) is 14.2 Å². The van der Waals surface area contributed by atoms with E-state index in [2.05, 4.69) is 0 Å². The molecule has 0 spiro atoms. The van der Waals surface area contributed by atoms with E-state index in [0.717, 1.165) is 0 Å². The standard InChI is InChI=1S/C10H10O4/c1-12-10(13-2)7-5-3-4-6-8(7)14-9(10)11/h3-6H,1-2H3. The lowest BCUT2D eigenvalue weighted by molar-refractivity contribution is -0.220. The Morgan fingerprint density at radius 1 is 1.21 bits per heavy atom. The molecule has 0 saturated heterocycles. The first-order chi connectivity index (χ1) is 6.74. The number of para-hydroxylation sites is 1. The predicted octanol–water partition coefficient (Wildman–Crippen LogP) is 1.05. The summed E-state index contributed by atoms with van der Waals surface area (Å²) >= 11 is 0. The monoisotopic (exact) mass is 194 g/mol. The summed E-state index contributed by atoms with van der Waals surface area (Å²) in [5.41, 5.74) is 0.606. The zero-order valence-electron chi connectivity index (χ0n) is 7.94. The van der Waals surface area contributed by atoms with E-state index in [9.17, 15) is 4.79 Å². The van der Waals surface area contributed by atoms with E-state index < -0.39 is 11.8 Å². The maximum absolute atomic E-state index is 11.5. The highest BCUT2D eigenvalue weighted by molar-refractivity contribution is 5.87. The van der Waals surface area contributed by atoms with Gasteiger partial charge in [0.1, 0.15) is 5.75 Å². The molecule has 0 unspecified atom stereocenters. The number of ether oxygens (including phenoxy) is 3. The van der Waals surface area contributed by atoms with Crippen LogP contribution in [-0.2, 0) is 20.1 Å². The fourth-order valence-corrected chi connectivity index (χ4v) is 1.57. The van der Waals surface area contributed by atoms with E-state index in [4.69, 9.17) is 14.2 Å². The molecule has 74 valence electrons. The molecule has 0 aromatic heterocycles. The molecular weight excluding hydrogens is 184 g/mol. The minimum absolute atomic E-state index is 0.487. The average Bonchev–Trinajstić information content (AvgIpc) is 2.50. The van der Waals surface area contributed by atoms with Crippen LogP contribution in [0.5, 0.6) is 5.75 Å². The Kier molecular flexibility index (Phi) is 2.02. The molecule has 0 N–H and O–H groups in total. The number of methoxy groups -OCH3 is 2. The molecule has 0 atom stereocenters. The van der Waals surface area contributed by atoms with Crippen LogP contribution in [0.3, 0.4) is 0 Å². The highest BCUT2D eigenvalue weighted by atomic mass is 16.7. The van der Waals surface area contributed by atoms with Crippen LogP contribution in [0.1, 0.15) is 5.56 Å². The molecule has 0 bridgehead atoms. The summed E-state index contributed by atoms with van der Waals surface area (Å²) in [6, 6.07) is 7.03. The Hall–Kier alpha value is -1.39. The first-order valence-electron chi connectivity index (χ1n) is 4.16. The van der Waals surface area contributed by atoms with Gasteiger partial charge >= 0.3 is 11.8 Å². The smallest absolute Gasteiger partial charge is 0.377 e. The van der Waals surface area contributed by atoms with Crippen LogP contribution in [0.25, 0.3) is 0 Å². The lowest BCUT2D eigenvalue weighted by Crippen LogP contribution is -2.37. The second kappa shape index (κ2) is 3.08. The molecule has 0 saturated carbocycles. The number of hydrogen-bond donors (Lipinski definition) is 0. The third-order valence-corrected chi connectivity index (χ3v) is 2.29. The van der Waals surface area contributed by atoms with Gasteiger partial charge in [0, 0.05) is 14.2 Å². The van der Waals surface area contributed by atoms with Gasteiger partial charge in [0.25, 0.3) is 0 Å². The fourth-order valence-electron chi connectivity index (χ4n) is 1.57. The first-order valence-corrected chi connectivity index (χ1v) is 4.16. The second-order valence-electron chi connectivity index (χ2n) is 2.91. The molecule has 0 radical (unpaired) electrons. The van der Waals surface area contributed by atoms with Crippen molar-refractivity contribution < 1.29 is 19.0 Å². The molecule has 2 rings (SSSR count). The summed E-state index contributed by atoms with van der Waals surface area (Å²) < 4.78 is 15.2. The van der Waals surface area contributed by atoms with Crippen molar-refractivity contribution in [1.82, 2.24) is 0 Å². The van der Waals surface area contributed by atoms with Crippen LogP contribution in [0.2, 0.25) is 0 Å². The van der Waals surface area contributed by atoms with Gasteiger partial charge in [0.15, 0.2) is 0 Å². The van der Waals surface area contributed by atoms with Gasteiger partial charge in [0.2, 0.25) is 0 Å². The van der Waals surface area contributed by atoms with Crippen molar-refractivity contribution in [2.45, 2.75) is 5.79 Å². The SMILES string of the molecule is COC1(OC)C(=O)Oc2ccccc21. The van der Waals surface area contributed by atoms with E-state index in [0.29, 0.717) is 11.3 Å². The van der Waals surface area contributed by atoms with Crippen molar-refractivity contribution in [3.8, 4) is 5.75 Å². The van der Waals surface area contributed by atoms with Crippen LogP contribution < -0.4 is 4.74 Å². The van der Waals surface area contributed by atoms with E-state index in [-0.39, 0.29) is 0 Å². The molecule has 0 amide bonds. The fraction of sp³-hybridized carbons (Fsp3) is 0.300. The Balaban J connectivity index is 2.58. The number of carbonyl (C=O) groups excluding carboxylic acids is 1. The van der Waals surface area contributed by atoms with Crippen molar-refractivity contribution in [2.24, 2.45) is 0 Å². The first kappa shape index (κ1) is 9.18. The van der Waals surface area contributed by atoms with Crippen molar-refractivity contribution >= 4 is 5.97 Å². The van der Waals surface area contributed by atoms with Gasteiger partial charge in [0.05, 0.1) is 5.56 Å². The number of benzene rings is 1. The Morgan fingerprint density at radius 2 is 1.86 bits per heavy atom. The lowest BCUT2D eigenvalue weighted by Gasteiger charge is -2.21. The molecule has 4 heteroatoms. The van der Waals surface area contributed by atoms with Crippen molar-refractivity contribution in [3.63, 3.8) is 0 Å². The number of rotatable bonds is 2. The minimum Gasteiger partial charge on any atom is -0.422 e. The minimum atomic E-state index is -1.39. The van der Waals surface area contributed by atoms with E-state index >= 15 is 0 Å². The maximum atomic E-state index is 11.5. The number of carbonyl (C=O) groups is 1. The van der Waals surface area contributed by atoms with Crippen molar-refractivity contribution in [1.29, 1.82) is 0 Å². The van der Waals surface area contributed by atoms with Crippen LogP contribution in [0.4, 0.5) is 0 Å². The Morgan fingerprint density at radius 3 is 2.50 bits per heavy atom. The zero-order valence-corrected chi connectivity index (χ0v) is 7.94. The molecule has 14 heavy (non-hydrogen) atoms. The van der Waals surface area contributed by atoms with Crippen LogP contribution in [0, 0.1) is 0 Å². The number of fused-ring (bicyclic) bond motifs is 1. The summed E-state index contributed by atoms with van der Waals surface area (Å²) in [5, 5.41) is 0. The third-order valence-electron chi connectivity index (χ3n) is 2.29.